The molecule has 0 atom stereocenters. The second kappa shape index (κ2) is 7.56. The Kier molecular flexibility index (Phi) is 5.95. The summed E-state index contributed by atoms with van der Waals surface area (Å²) in [5.74, 6) is 0.130. The van der Waals surface area contributed by atoms with Gasteiger partial charge in [-0.25, -0.2) is 0 Å². The molecule has 4 rings (SSSR count). The number of fused-ring (bicyclic) bond motifs is 2. The maximum Gasteiger partial charge on any atom is 0.238 e. The van der Waals surface area contributed by atoms with Gasteiger partial charge in [-0.2, -0.15) is 0 Å². The van der Waals surface area contributed by atoms with Gasteiger partial charge in [-0.1, -0.05) is 30.3 Å². The van der Waals surface area contributed by atoms with Crippen molar-refractivity contribution in [2.45, 2.75) is 44.3 Å². The van der Waals surface area contributed by atoms with Gasteiger partial charge in [0.1, 0.15) is 0 Å². The molecule has 2 aliphatic heterocycles. The molecule has 0 saturated carbocycles. The van der Waals surface area contributed by atoms with E-state index in [2.05, 4.69) is 10.00 Å². The van der Waals surface area contributed by atoms with Gasteiger partial charge in [-0.3, -0.25) is 9.58 Å². The molecule has 1 N–H and O–H groups in total. The zero-order valence-electron chi connectivity index (χ0n) is 13.0. The van der Waals surface area contributed by atoms with Crippen molar-refractivity contribution in [3.63, 3.8) is 0 Å². The van der Waals surface area contributed by atoms with Crippen molar-refractivity contribution in [2.75, 3.05) is 6.54 Å². The molecule has 2 saturated heterocycles. The van der Waals surface area contributed by atoms with E-state index in [4.69, 9.17) is 0 Å². The SMILES string of the molecule is Cl.Cl.Oc1nn(CCN2C3CCC2CC3)cc1-c1ccccc1. The molecule has 0 unspecified atom stereocenters. The Morgan fingerprint density at radius 3 is 2.17 bits per heavy atom. The quantitative estimate of drug-likeness (QED) is 0.908. The first-order chi connectivity index (χ1) is 10.3. The molecule has 0 spiro atoms. The summed E-state index contributed by atoms with van der Waals surface area (Å²) >= 11 is 0. The number of benzene rings is 1. The fraction of sp³-hybridized carbons (Fsp3) is 0.471. The van der Waals surface area contributed by atoms with Crippen LogP contribution in [-0.4, -0.2) is 38.4 Å². The Morgan fingerprint density at radius 2 is 1.57 bits per heavy atom. The normalized spacial score (nSPS) is 22.6. The van der Waals surface area contributed by atoms with Gasteiger partial charge in [0.2, 0.25) is 5.88 Å². The summed E-state index contributed by atoms with van der Waals surface area (Å²) in [6.07, 6.45) is 7.42. The number of nitrogens with zero attached hydrogens (tertiary/aromatic N) is 3. The highest BCUT2D eigenvalue weighted by Crippen LogP contribution is 2.37. The van der Waals surface area contributed by atoms with Crippen LogP contribution in [0.4, 0.5) is 0 Å². The summed E-state index contributed by atoms with van der Waals surface area (Å²) in [4.78, 5) is 2.64. The van der Waals surface area contributed by atoms with Crippen LogP contribution < -0.4 is 0 Å². The van der Waals surface area contributed by atoms with E-state index in [0.717, 1.165) is 36.3 Å². The van der Waals surface area contributed by atoms with Crippen molar-refractivity contribution in [3.8, 4) is 17.0 Å². The van der Waals surface area contributed by atoms with E-state index in [1.807, 2.05) is 41.2 Å². The van der Waals surface area contributed by atoms with Gasteiger partial charge in [0, 0.05) is 24.8 Å². The van der Waals surface area contributed by atoms with Crippen LogP contribution in [-0.2, 0) is 6.54 Å². The van der Waals surface area contributed by atoms with Gasteiger partial charge < -0.3 is 5.11 Å². The van der Waals surface area contributed by atoms with Crippen molar-refractivity contribution in [1.82, 2.24) is 14.7 Å². The lowest BCUT2D eigenvalue weighted by Gasteiger charge is -2.21. The molecule has 4 nitrogen and oxygen atoms in total. The summed E-state index contributed by atoms with van der Waals surface area (Å²) in [5.41, 5.74) is 1.84. The summed E-state index contributed by atoms with van der Waals surface area (Å²) in [6.45, 7) is 1.90. The highest BCUT2D eigenvalue weighted by Gasteiger charge is 2.38. The van der Waals surface area contributed by atoms with Gasteiger partial charge in [0.05, 0.1) is 12.1 Å². The Morgan fingerprint density at radius 1 is 0.957 bits per heavy atom. The smallest absolute Gasteiger partial charge is 0.238 e. The fourth-order valence-electron chi connectivity index (χ4n) is 3.95. The monoisotopic (exact) mass is 355 g/mol. The Labute approximate surface area is 149 Å². The number of rotatable bonds is 4. The maximum absolute atomic E-state index is 10.0. The molecule has 2 bridgehead atoms. The molecule has 23 heavy (non-hydrogen) atoms. The van der Waals surface area contributed by atoms with Gasteiger partial charge in [0.15, 0.2) is 0 Å². The second-order valence-electron chi connectivity index (χ2n) is 6.20. The van der Waals surface area contributed by atoms with E-state index in [1.165, 1.54) is 25.7 Å². The van der Waals surface area contributed by atoms with Gasteiger partial charge >= 0.3 is 0 Å². The highest BCUT2D eigenvalue weighted by atomic mass is 35.5. The Hall–Kier alpha value is -1.23. The Balaban J connectivity index is 0.000000960. The number of aromatic hydroxyl groups is 1. The molecule has 3 heterocycles. The largest absolute Gasteiger partial charge is 0.492 e. The van der Waals surface area contributed by atoms with Crippen LogP contribution in [0.15, 0.2) is 36.5 Å². The van der Waals surface area contributed by atoms with Crippen molar-refractivity contribution in [1.29, 1.82) is 0 Å². The molecule has 2 aromatic rings. The summed E-state index contributed by atoms with van der Waals surface area (Å²) in [7, 11) is 0. The summed E-state index contributed by atoms with van der Waals surface area (Å²) in [6, 6.07) is 11.5. The Bertz CT molecular complexity index is 612. The molecule has 1 aromatic heterocycles. The zero-order chi connectivity index (χ0) is 14.2. The van der Waals surface area contributed by atoms with E-state index < -0.39 is 0 Å². The van der Waals surface area contributed by atoms with Crippen LogP contribution in [0.5, 0.6) is 5.88 Å². The van der Waals surface area contributed by atoms with E-state index in [-0.39, 0.29) is 30.7 Å². The molecular formula is C17H23Cl2N3O. The lowest BCUT2D eigenvalue weighted by Crippen LogP contribution is -2.31. The number of hydrogen-bond acceptors (Lipinski definition) is 3. The molecule has 0 radical (unpaired) electrons. The average Bonchev–Trinajstić information content (AvgIpc) is 3.20. The first-order valence-electron chi connectivity index (χ1n) is 7.89. The van der Waals surface area contributed by atoms with E-state index in [0.29, 0.717) is 0 Å². The van der Waals surface area contributed by atoms with Crippen molar-refractivity contribution in [3.05, 3.63) is 36.5 Å². The maximum atomic E-state index is 10.0. The van der Waals surface area contributed by atoms with E-state index >= 15 is 0 Å². The van der Waals surface area contributed by atoms with Crippen molar-refractivity contribution >= 4 is 24.8 Å². The highest BCUT2D eigenvalue weighted by molar-refractivity contribution is 5.85. The molecule has 0 amide bonds. The molecular weight excluding hydrogens is 333 g/mol. The van der Waals surface area contributed by atoms with Crippen LogP contribution in [0, 0.1) is 0 Å². The standard InChI is InChI=1S/C17H21N3O.2ClH/c21-17-16(13-4-2-1-3-5-13)12-19(18-17)10-11-20-14-6-7-15(20)9-8-14;;/h1-5,12,14-15H,6-11H2,(H,18,21);2*1H. The number of aromatic nitrogens is 2. The third kappa shape index (κ3) is 3.49. The predicted molar refractivity (Wildman–Crippen MR) is 96.6 cm³/mol. The minimum atomic E-state index is 0. The molecule has 2 fully saturated rings. The first kappa shape index (κ1) is 18.1. The van der Waals surface area contributed by atoms with Crippen LogP contribution in [0.25, 0.3) is 11.1 Å². The topological polar surface area (TPSA) is 41.3 Å². The van der Waals surface area contributed by atoms with Gasteiger partial charge in [-0.15, -0.1) is 29.9 Å². The minimum Gasteiger partial charge on any atom is -0.492 e. The first-order valence-corrected chi connectivity index (χ1v) is 7.89. The lowest BCUT2D eigenvalue weighted by atomic mass is 10.0. The van der Waals surface area contributed by atoms with Crippen molar-refractivity contribution in [2.24, 2.45) is 0 Å². The van der Waals surface area contributed by atoms with Gasteiger partial charge in [-0.05, 0) is 31.2 Å². The van der Waals surface area contributed by atoms with Crippen LogP contribution in [0.3, 0.4) is 0 Å². The molecule has 126 valence electrons. The zero-order valence-corrected chi connectivity index (χ0v) is 14.6. The summed E-state index contributed by atoms with van der Waals surface area (Å²) < 4.78 is 1.88. The van der Waals surface area contributed by atoms with Crippen molar-refractivity contribution < 1.29 is 5.11 Å². The predicted octanol–water partition coefficient (Wildman–Crippen LogP) is 3.73. The van der Waals surface area contributed by atoms with E-state index in [9.17, 15) is 5.11 Å². The van der Waals surface area contributed by atoms with Crippen LogP contribution in [0.2, 0.25) is 0 Å². The average molecular weight is 356 g/mol. The second-order valence-corrected chi connectivity index (χ2v) is 6.20. The summed E-state index contributed by atoms with van der Waals surface area (Å²) in [5, 5.41) is 14.3. The minimum absolute atomic E-state index is 0. The molecule has 6 heteroatoms. The third-order valence-electron chi connectivity index (χ3n) is 5.02. The van der Waals surface area contributed by atoms with Gasteiger partial charge in [0.25, 0.3) is 0 Å². The number of halogens is 2. The lowest BCUT2D eigenvalue weighted by molar-refractivity contribution is 0.238. The molecule has 2 aliphatic rings. The third-order valence-corrected chi connectivity index (χ3v) is 5.02. The molecule has 0 aliphatic carbocycles. The fourth-order valence-corrected chi connectivity index (χ4v) is 3.95. The molecule has 1 aromatic carbocycles. The van der Waals surface area contributed by atoms with E-state index in [1.54, 1.807) is 0 Å². The van der Waals surface area contributed by atoms with Crippen LogP contribution in [0.1, 0.15) is 25.7 Å². The number of hydrogen-bond donors (Lipinski definition) is 1. The van der Waals surface area contributed by atoms with Crippen LogP contribution >= 0.6 is 24.8 Å².